The second-order valence-corrected chi connectivity index (χ2v) is 5.79. The van der Waals surface area contributed by atoms with Crippen molar-refractivity contribution in [3.05, 3.63) is 30.3 Å². The number of rotatable bonds is 10. The molecule has 128 valence electrons. The maximum Gasteiger partial charge on any atom is 0.241 e. The Labute approximate surface area is 142 Å². The van der Waals surface area contributed by atoms with E-state index in [1.807, 2.05) is 25.1 Å². The number of aliphatic imine (C=N–C) groups is 1. The highest BCUT2D eigenvalue weighted by Crippen LogP contribution is 2.15. The Morgan fingerprint density at radius 2 is 1.96 bits per heavy atom. The molecule has 0 saturated heterocycles. The average Bonchev–Trinajstić information content (AvgIpc) is 2.57. The molecule has 0 aliphatic carbocycles. The zero-order valence-electron chi connectivity index (χ0n) is 13.8. The molecule has 0 heterocycles. The summed E-state index contributed by atoms with van der Waals surface area (Å²) in [6.07, 6.45) is 0. The standard InChI is InChI=1S/C16H26N4O2S/c1-3-17-16(20-13-15(21)18-9-11-22-2)19-10-12-23-14-7-5-4-6-8-14/h4-8H,3,9-13H2,1-2H3,(H,18,21)(H2,17,19,20). The number of carbonyl (C=O) groups excluding carboxylic acids is 1. The summed E-state index contributed by atoms with van der Waals surface area (Å²) in [4.78, 5) is 17.1. The second-order valence-electron chi connectivity index (χ2n) is 4.63. The number of methoxy groups -OCH3 is 1. The normalized spacial score (nSPS) is 11.1. The topological polar surface area (TPSA) is 74.8 Å². The molecule has 1 aromatic rings. The number of amides is 1. The number of hydrogen-bond donors (Lipinski definition) is 3. The monoisotopic (exact) mass is 338 g/mol. The third kappa shape index (κ3) is 9.80. The molecule has 0 aliphatic rings. The molecule has 3 N–H and O–H groups in total. The fourth-order valence-corrected chi connectivity index (χ4v) is 2.49. The number of benzene rings is 1. The van der Waals surface area contributed by atoms with Gasteiger partial charge in [-0.1, -0.05) is 18.2 Å². The van der Waals surface area contributed by atoms with Crippen molar-refractivity contribution in [3.63, 3.8) is 0 Å². The van der Waals surface area contributed by atoms with Crippen LogP contribution in [0.4, 0.5) is 0 Å². The van der Waals surface area contributed by atoms with Crippen LogP contribution >= 0.6 is 11.8 Å². The van der Waals surface area contributed by atoms with Gasteiger partial charge in [0, 0.05) is 37.4 Å². The lowest BCUT2D eigenvalue weighted by Gasteiger charge is -2.11. The number of hydrogen-bond acceptors (Lipinski definition) is 4. The summed E-state index contributed by atoms with van der Waals surface area (Å²) >= 11 is 1.78. The first-order valence-electron chi connectivity index (χ1n) is 7.72. The predicted octanol–water partition coefficient (Wildman–Crippen LogP) is 1.10. The van der Waals surface area contributed by atoms with Crippen molar-refractivity contribution in [2.75, 3.05) is 45.6 Å². The molecule has 1 rings (SSSR count). The Bertz CT molecular complexity index is 468. The molecule has 0 aromatic heterocycles. The van der Waals surface area contributed by atoms with Gasteiger partial charge in [-0.25, -0.2) is 4.99 Å². The molecule has 0 saturated carbocycles. The van der Waals surface area contributed by atoms with Crippen molar-refractivity contribution in [1.82, 2.24) is 16.0 Å². The van der Waals surface area contributed by atoms with E-state index in [0.717, 1.165) is 18.8 Å². The molecule has 7 heteroatoms. The van der Waals surface area contributed by atoms with Crippen molar-refractivity contribution in [1.29, 1.82) is 0 Å². The molecule has 0 atom stereocenters. The van der Waals surface area contributed by atoms with E-state index in [-0.39, 0.29) is 12.5 Å². The lowest BCUT2D eigenvalue weighted by atomic mass is 10.4. The molecule has 0 bridgehead atoms. The van der Waals surface area contributed by atoms with E-state index < -0.39 is 0 Å². The Kier molecular flexibility index (Phi) is 10.7. The molecule has 6 nitrogen and oxygen atoms in total. The van der Waals surface area contributed by atoms with Gasteiger partial charge in [0.05, 0.1) is 6.61 Å². The molecule has 0 aliphatic heterocycles. The smallest absolute Gasteiger partial charge is 0.241 e. The van der Waals surface area contributed by atoms with Gasteiger partial charge in [0.2, 0.25) is 5.91 Å². The van der Waals surface area contributed by atoms with Crippen molar-refractivity contribution in [2.24, 2.45) is 4.99 Å². The molecule has 1 aromatic carbocycles. The van der Waals surface area contributed by atoms with Crippen LogP contribution in [-0.2, 0) is 9.53 Å². The fraction of sp³-hybridized carbons (Fsp3) is 0.500. The SMILES string of the molecule is CCNC(=NCC(=O)NCCOC)NCCSc1ccccc1. The second kappa shape index (κ2) is 12.8. The van der Waals surface area contributed by atoms with E-state index in [0.29, 0.717) is 19.1 Å². The van der Waals surface area contributed by atoms with E-state index in [4.69, 9.17) is 4.74 Å². The number of carbonyl (C=O) groups is 1. The first-order valence-corrected chi connectivity index (χ1v) is 8.70. The van der Waals surface area contributed by atoms with Crippen molar-refractivity contribution in [3.8, 4) is 0 Å². The van der Waals surface area contributed by atoms with Gasteiger partial charge in [0.1, 0.15) is 6.54 Å². The molecular weight excluding hydrogens is 312 g/mol. The first-order chi connectivity index (χ1) is 11.3. The van der Waals surface area contributed by atoms with Crippen LogP contribution in [0.15, 0.2) is 40.2 Å². The zero-order valence-corrected chi connectivity index (χ0v) is 14.6. The van der Waals surface area contributed by atoms with E-state index in [1.54, 1.807) is 18.9 Å². The van der Waals surface area contributed by atoms with Crippen LogP contribution in [-0.4, -0.2) is 57.5 Å². The lowest BCUT2D eigenvalue weighted by molar-refractivity contribution is -0.119. The molecule has 1 amide bonds. The quantitative estimate of drug-likeness (QED) is 0.258. The van der Waals surface area contributed by atoms with Gasteiger partial charge >= 0.3 is 0 Å². The predicted molar refractivity (Wildman–Crippen MR) is 96.0 cm³/mol. The number of ether oxygens (including phenoxy) is 1. The minimum absolute atomic E-state index is 0.102. The first kappa shape index (κ1) is 19.3. The Balaban J connectivity index is 2.27. The summed E-state index contributed by atoms with van der Waals surface area (Å²) in [7, 11) is 1.60. The Morgan fingerprint density at radius 3 is 2.65 bits per heavy atom. The molecule has 0 fully saturated rings. The molecule has 0 spiro atoms. The molecule has 23 heavy (non-hydrogen) atoms. The maximum absolute atomic E-state index is 11.6. The van der Waals surface area contributed by atoms with Crippen LogP contribution in [0, 0.1) is 0 Å². The van der Waals surface area contributed by atoms with Gasteiger partial charge in [-0.3, -0.25) is 4.79 Å². The van der Waals surface area contributed by atoms with Crippen molar-refractivity contribution < 1.29 is 9.53 Å². The summed E-state index contributed by atoms with van der Waals surface area (Å²) in [5.74, 6) is 1.47. The summed E-state index contributed by atoms with van der Waals surface area (Å²) in [6.45, 7) is 4.63. The Morgan fingerprint density at radius 1 is 1.17 bits per heavy atom. The minimum Gasteiger partial charge on any atom is -0.383 e. The third-order valence-electron chi connectivity index (χ3n) is 2.76. The van der Waals surface area contributed by atoms with Crippen LogP contribution in [0.3, 0.4) is 0 Å². The highest BCUT2D eigenvalue weighted by atomic mass is 32.2. The van der Waals surface area contributed by atoms with Gasteiger partial charge in [-0.15, -0.1) is 11.8 Å². The van der Waals surface area contributed by atoms with Crippen LogP contribution in [0.2, 0.25) is 0 Å². The Hall–Kier alpha value is -1.73. The minimum atomic E-state index is -0.113. The largest absolute Gasteiger partial charge is 0.383 e. The maximum atomic E-state index is 11.6. The van der Waals surface area contributed by atoms with Gasteiger partial charge in [0.25, 0.3) is 0 Å². The van der Waals surface area contributed by atoms with Crippen LogP contribution < -0.4 is 16.0 Å². The van der Waals surface area contributed by atoms with Crippen molar-refractivity contribution in [2.45, 2.75) is 11.8 Å². The van der Waals surface area contributed by atoms with Gasteiger partial charge in [-0.2, -0.15) is 0 Å². The number of thioether (sulfide) groups is 1. The van der Waals surface area contributed by atoms with Gasteiger partial charge < -0.3 is 20.7 Å². The van der Waals surface area contributed by atoms with E-state index in [1.165, 1.54) is 4.90 Å². The number of nitrogens with one attached hydrogen (secondary N) is 3. The van der Waals surface area contributed by atoms with E-state index in [9.17, 15) is 4.79 Å². The number of guanidine groups is 1. The van der Waals surface area contributed by atoms with Crippen LogP contribution in [0.25, 0.3) is 0 Å². The summed E-state index contributed by atoms with van der Waals surface area (Å²) in [5, 5.41) is 9.09. The van der Waals surface area contributed by atoms with Gasteiger partial charge in [0.15, 0.2) is 5.96 Å². The fourth-order valence-electron chi connectivity index (χ4n) is 1.70. The average molecular weight is 338 g/mol. The summed E-state index contributed by atoms with van der Waals surface area (Å²) < 4.78 is 4.88. The highest BCUT2D eigenvalue weighted by Gasteiger charge is 2.01. The van der Waals surface area contributed by atoms with Gasteiger partial charge in [-0.05, 0) is 19.1 Å². The summed E-state index contributed by atoms with van der Waals surface area (Å²) in [6, 6.07) is 10.3. The number of nitrogens with zero attached hydrogens (tertiary/aromatic N) is 1. The van der Waals surface area contributed by atoms with E-state index in [2.05, 4.69) is 33.1 Å². The van der Waals surface area contributed by atoms with Crippen LogP contribution in [0.5, 0.6) is 0 Å². The van der Waals surface area contributed by atoms with Crippen LogP contribution in [0.1, 0.15) is 6.92 Å². The lowest BCUT2D eigenvalue weighted by Crippen LogP contribution is -2.39. The molecular formula is C16H26N4O2S. The molecule has 0 unspecified atom stereocenters. The zero-order chi connectivity index (χ0) is 16.8. The third-order valence-corrected chi connectivity index (χ3v) is 3.77. The van der Waals surface area contributed by atoms with Crippen molar-refractivity contribution >= 4 is 23.6 Å². The van der Waals surface area contributed by atoms with E-state index >= 15 is 0 Å². The highest BCUT2D eigenvalue weighted by molar-refractivity contribution is 7.99. The molecule has 0 radical (unpaired) electrons. The summed E-state index contributed by atoms with van der Waals surface area (Å²) in [5.41, 5.74) is 0.